The van der Waals surface area contributed by atoms with E-state index in [1.54, 1.807) is 6.20 Å². The fourth-order valence-corrected chi connectivity index (χ4v) is 1.91. The molecule has 2 rings (SSSR count). The van der Waals surface area contributed by atoms with E-state index in [0.29, 0.717) is 5.69 Å². The van der Waals surface area contributed by atoms with E-state index in [-0.39, 0.29) is 6.42 Å². The number of rotatable bonds is 3. The molecule has 1 atom stereocenters. The van der Waals surface area contributed by atoms with Crippen molar-refractivity contribution in [2.45, 2.75) is 12.5 Å². The van der Waals surface area contributed by atoms with Crippen LogP contribution in [0.5, 0.6) is 0 Å². The van der Waals surface area contributed by atoms with Crippen LogP contribution < -0.4 is 5.73 Å². The largest absolute Gasteiger partial charge is 0.480 e. The molecule has 74 valence electrons. The number of carbonyl (C=O) groups is 1. The first-order chi connectivity index (χ1) is 6.66. The number of carboxylic acids is 1. The van der Waals surface area contributed by atoms with E-state index in [1.165, 1.54) is 11.3 Å². The standard InChI is InChI=1S/C8H9N3O2S/c9-6(7(12)13)3-5-4-11-1-2-14-8(11)10-5/h1-2,4,6H,3,9H2,(H,12,13)/t6-/m1/s1. The van der Waals surface area contributed by atoms with Crippen molar-refractivity contribution in [2.24, 2.45) is 5.73 Å². The van der Waals surface area contributed by atoms with Crippen LogP contribution in [0, 0.1) is 0 Å². The van der Waals surface area contributed by atoms with Gasteiger partial charge in [-0.2, -0.15) is 0 Å². The van der Waals surface area contributed by atoms with E-state index >= 15 is 0 Å². The Bertz CT molecular complexity index is 433. The summed E-state index contributed by atoms with van der Waals surface area (Å²) in [6.07, 6.45) is 3.95. The Morgan fingerprint density at radius 2 is 2.57 bits per heavy atom. The molecule has 14 heavy (non-hydrogen) atoms. The minimum atomic E-state index is -0.999. The lowest BCUT2D eigenvalue weighted by Gasteiger charge is -2.01. The van der Waals surface area contributed by atoms with Gasteiger partial charge >= 0.3 is 5.97 Å². The van der Waals surface area contributed by atoms with Crippen LogP contribution in [-0.2, 0) is 11.2 Å². The van der Waals surface area contributed by atoms with Gasteiger partial charge in [-0.05, 0) is 0 Å². The van der Waals surface area contributed by atoms with Crippen LogP contribution >= 0.6 is 11.3 Å². The molecule has 2 aromatic heterocycles. The molecule has 0 unspecified atom stereocenters. The van der Waals surface area contributed by atoms with E-state index in [2.05, 4.69) is 4.98 Å². The first-order valence-electron chi connectivity index (χ1n) is 4.06. The average molecular weight is 211 g/mol. The average Bonchev–Trinajstić information content (AvgIpc) is 2.63. The van der Waals surface area contributed by atoms with Gasteiger partial charge in [0.15, 0.2) is 4.96 Å². The van der Waals surface area contributed by atoms with Gasteiger partial charge in [0.1, 0.15) is 6.04 Å². The maximum Gasteiger partial charge on any atom is 0.320 e. The normalized spacial score (nSPS) is 13.2. The first kappa shape index (κ1) is 9.17. The Morgan fingerprint density at radius 1 is 1.79 bits per heavy atom. The molecule has 3 N–H and O–H groups in total. The van der Waals surface area contributed by atoms with Crippen molar-refractivity contribution in [1.29, 1.82) is 0 Å². The summed E-state index contributed by atoms with van der Waals surface area (Å²) in [7, 11) is 0. The van der Waals surface area contributed by atoms with Crippen molar-refractivity contribution >= 4 is 22.3 Å². The highest BCUT2D eigenvalue weighted by Gasteiger charge is 2.14. The van der Waals surface area contributed by atoms with Crippen molar-refractivity contribution in [3.8, 4) is 0 Å². The highest BCUT2D eigenvalue weighted by atomic mass is 32.1. The summed E-state index contributed by atoms with van der Waals surface area (Å²) in [5.74, 6) is -0.999. The predicted molar refractivity (Wildman–Crippen MR) is 52.4 cm³/mol. The molecule has 0 aromatic carbocycles. The number of nitrogens with zero attached hydrogens (tertiary/aromatic N) is 2. The van der Waals surface area contributed by atoms with Crippen LogP contribution in [0.25, 0.3) is 4.96 Å². The highest BCUT2D eigenvalue weighted by molar-refractivity contribution is 7.15. The SMILES string of the molecule is N[C@H](Cc1cn2ccsc2n1)C(=O)O. The molecule has 5 nitrogen and oxygen atoms in total. The number of aliphatic carboxylic acids is 1. The molecule has 0 spiro atoms. The fourth-order valence-electron chi connectivity index (χ4n) is 1.19. The minimum Gasteiger partial charge on any atom is -0.480 e. The summed E-state index contributed by atoms with van der Waals surface area (Å²) in [4.78, 5) is 15.6. The first-order valence-corrected chi connectivity index (χ1v) is 4.94. The van der Waals surface area contributed by atoms with Crippen molar-refractivity contribution in [3.05, 3.63) is 23.5 Å². The summed E-state index contributed by atoms with van der Waals surface area (Å²) in [5, 5.41) is 10.5. The van der Waals surface area contributed by atoms with E-state index in [1.807, 2.05) is 16.0 Å². The number of hydrogen-bond donors (Lipinski definition) is 2. The van der Waals surface area contributed by atoms with Gasteiger partial charge in [-0.25, -0.2) is 4.98 Å². The number of fused-ring (bicyclic) bond motifs is 1. The van der Waals surface area contributed by atoms with Gasteiger partial charge < -0.3 is 10.8 Å². The summed E-state index contributed by atoms with van der Waals surface area (Å²) in [5.41, 5.74) is 6.11. The predicted octanol–water partition coefficient (Wildman–Crippen LogP) is 0.350. The van der Waals surface area contributed by atoms with Crippen LogP contribution in [0.3, 0.4) is 0 Å². The van der Waals surface area contributed by atoms with E-state index in [4.69, 9.17) is 10.8 Å². The maximum absolute atomic E-state index is 10.5. The van der Waals surface area contributed by atoms with Crippen molar-refractivity contribution in [1.82, 2.24) is 9.38 Å². The second kappa shape index (κ2) is 3.39. The van der Waals surface area contributed by atoms with E-state index < -0.39 is 12.0 Å². The number of nitrogens with two attached hydrogens (primary N) is 1. The molecule has 0 saturated heterocycles. The molecule has 0 aliphatic heterocycles. The van der Waals surface area contributed by atoms with Crippen LogP contribution in [-0.4, -0.2) is 26.5 Å². The molecule has 2 heterocycles. The van der Waals surface area contributed by atoms with Gasteiger partial charge in [-0.3, -0.25) is 9.20 Å². The molecule has 0 saturated carbocycles. The molecule has 0 fully saturated rings. The topological polar surface area (TPSA) is 80.6 Å². The van der Waals surface area contributed by atoms with Gasteiger partial charge in [0, 0.05) is 24.2 Å². The van der Waals surface area contributed by atoms with Crippen LogP contribution in [0.15, 0.2) is 17.8 Å². The summed E-state index contributed by atoms with van der Waals surface area (Å²) < 4.78 is 1.86. The van der Waals surface area contributed by atoms with Crippen LogP contribution in [0.4, 0.5) is 0 Å². The third-order valence-corrected chi connectivity index (χ3v) is 2.66. The van der Waals surface area contributed by atoms with Crippen molar-refractivity contribution in [3.63, 3.8) is 0 Å². The summed E-state index contributed by atoms with van der Waals surface area (Å²) in [6.45, 7) is 0. The van der Waals surface area contributed by atoms with Crippen molar-refractivity contribution in [2.75, 3.05) is 0 Å². The summed E-state index contributed by atoms with van der Waals surface area (Å²) >= 11 is 1.51. The second-order valence-corrected chi connectivity index (χ2v) is 3.85. The van der Waals surface area contributed by atoms with Crippen LogP contribution in [0.2, 0.25) is 0 Å². The fraction of sp³-hybridized carbons (Fsp3) is 0.250. The molecule has 0 radical (unpaired) electrons. The monoisotopic (exact) mass is 211 g/mol. The van der Waals surface area contributed by atoms with Gasteiger partial charge in [-0.15, -0.1) is 11.3 Å². The van der Waals surface area contributed by atoms with Crippen LogP contribution in [0.1, 0.15) is 5.69 Å². The zero-order valence-electron chi connectivity index (χ0n) is 7.25. The zero-order valence-corrected chi connectivity index (χ0v) is 8.07. The molecular weight excluding hydrogens is 202 g/mol. The molecule has 6 heteroatoms. The Kier molecular flexibility index (Phi) is 2.22. The lowest BCUT2D eigenvalue weighted by molar-refractivity contribution is -0.138. The molecule has 2 aromatic rings. The minimum absolute atomic E-state index is 0.268. The number of thiazole rings is 1. The van der Waals surface area contributed by atoms with Gasteiger partial charge in [-0.1, -0.05) is 0 Å². The molecule has 0 aliphatic carbocycles. The number of carboxylic acid groups (broad SMARTS) is 1. The number of imidazole rings is 1. The van der Waals surface area contributed by atoms with E-state index in [0.717, 1.165) is 4.96 Å². The summed E-state index contributed by atoms with van der Waals surface area (Å²) in [6, 6.07) is -0.875. The lowest BCUT2D eigenvalue weighted by Crippen LogP contribution is -2.32. The Morgan fingerprint density at radius 3 is 3.21 bits per heavy atom. The highest BCUT2D eigenvalue weighted by Crippen LogP contribution is 2.12. The van der Waals surface area contributed by atoms with E-state index in [9.17, 15) is 4.79 Å². The molecule has 0 amide bonds. The molecule has 0 bridgehead atoms. The third kappa shape index (κ3) is 1.61. The molecule has 0 aliphatic rings. The number of aromatic nitrogens is 2. The third-order valence-electron chi connectivity index (χ3n) is 1.89. The quantitative estimate of drug-likeness (QED) is 0.767. The Balaban J connectivity index is 2.19. The van der Waals surface area contributed by atoms with Gasteiger partial charge in [0.25, 0.3) is 0 Å². The smallest absolute Gasteiger partial charge is 0.320 e. The Hall–Kier alpha value is -1.40. The Labute approximate surface area is 83.8 Å². The molecular formula is C8H9N3O2S. The number of hydrogen-bond acceptors (Lipinski definition) is 4. The van der Waals surface area contributed by atoms with Gasteiger partial charge in [0.2, 0.25) is 0 Å². The second-order valence-electron chi connectivity index (χ2n) is 2.97. The maximum atomic E-state index is 10.5. The van der Waals surface area contributed by atoms with Gasteiger partial charge in [0.05, 0.1) is 5.69 Å². The lowest BCUT2D eigenvalue weighted by atomic mass is 10.2. The zero-order chi connectivity index (χ0) is 10.1. The van der Waals surface area contributed by atoms with Crippen molar-refractivity contribution < 1.29 is 9.90 Å².